The normalized spacial score (nSPS) is 17.4. The van der Waals surface area contributed by atoms with Gasteiger partial charge in [0.2, 0.25) is 0 Å². The number of aliphatic hydroxyl groups excluding tert-OH is 2. The van der Waals surface area contributed by atoms with Crippen molar-refractivity contribution >= 4 is 17.3 Å². The van der Waals surface area contributed by atoms with E-state index >= 15 is 4.39 Å². The van der Waals surface area contributed by atoms with E-state index in [2.05, 4.69) is 16.5 Å². The summed E-state index contributed by atoms with van der Waals surface area (Å²) in [5.41, 5.74) is -6.61. The molecule has 1 amide bonds. The topological polar surface area (TPSA) is 119 Å². The fraction of sp³-hybridized carbons (Fsp3) is 0.389. The number of amides is 1. The summed E-state index contributed by atoms with van der Waals surface area (Å²) in [7, 11) is 3.26. The molecule has 0 bridgehead atoms. The van der Waals surface area contributed by atoms with Gasteiger partial charge in [-0.3, -0.25) is 14.6 Å². The van der Waals surface area contributed by atoms with Crippen molar-refractivity contribution in [1.82, 2.24) is 24.9 Å². The summed E-state index contributed by atoms with van der Waals surface area (Å²) in [4.78, 5) is 36.8. The number of alkyl halides is 6. The number of hydrazine groups is 1. The highest BCUT2D eigenvalue weighted by Crippen LogP contribution is 2.46. The van der Waals surface area contributed by atoms with Crippen LogP contribution in [0.2, 0.25) is 0 Å². The van der Waals surface area contributed by atoms with E-state index in [0.29, 0.717) is 44.0 Å². The zero-order valence-electron chi connectivity index (χ0n) is 28.9. The van der Waals surface area contributed by atoms with Gasteiger partial charge in [0.15, 0.2) is 5.78 Å². The van der Waals surface area contributed by atoms with E-state index in [-0.39, 0.29) is 48.5 Å². The standard InChI is InChI=1S/C36H36F7N5O5/c1-20(24-8-7-23(35(38,39)40)16-25(24)26-17-28(36(41,42)43)45-19-44-26)31(50)29-32(51)34(10-5-11-34)47(4)48(33(29)52)18-22-6-9-27(21(2)30(22)37)53-15-13-46(3)12-14-49/h6-9,16-17,19,49-50H,1,5,10-15,18H2,2-4H3. The summed E-state index contributed by atoms with van der Waals surface area (Å²) in [6.07, 6.45) is -8.32. The van der Waals surface area contributed by atoms with Crippen molar-refractivity contribution in [3.63, 3.8) is 0 Å². The quantitative estimate of drug-likeness (QED) is 0.103. The first-order chi connectivity index (χ1) is 24.8. The molecule has 1 aromatic heterocycles. The Hall–Kier alpha value is -4.87. The lowest BCUT2D eigenvalue weighted by Crippen LogP contribution is -2.69. The molecule has 0 unspecified atom stereocenters. The third kappa shape index (κ3) is 7.63. The lowest BCUT2D eigenvalue weighted by Gasteiger charge is -2.54. The summed E-state index contributed by atoms with van der Waals surface area (Å²) in [5.74, 6) is -3.31. The van der Waals surface area contributed by atoms with Crippen LogP contribution in [0, 0.1) is 12.7 Å². The van der Waals surface area contributed by atoms with Crippen LogP contribution in [0.4, 0.5) is 30.7 Å². The molecule has 2 aliphatic rings. The number of aromatic nitrogens is 2. The number of Topliss-reactive ketones (excluding diaryl/α,β-unsaturated/α-hetero) is 1. The van der Waals surface area contributed by atoms with Crippen LogP contribution >= 0.6 is 0 Å². The number of aliphatic hydroxyl groups is 2. The fourth-order valence-electron chi connectivity index (χ4n) is 6.31. The number of hydrogen-bond donors (Lipinski definition) is 2. The van der Waals surface area contributed by atoms with Crippen molar-refractivity contribution in [1.29, 1.82) is 0 Å². The van der Waals surface area contributed by atoms with E-state index in [0.717, 1.165) is 11.1 Å². The van der Waals surface area contributed by atoms with Crippen LogP contribution in [0.5, 0.6) is 5.75 Å². The van der Waals surface area contributed by atoms with Crippen LogP contribution in [0.1, 0.15) is 47.2 Å². The first-order valence-electron chi connectivity index (χ1n) is 16.4. The number of likely N-dealkylation sites (N-methyl/N-ethyl adjacent to an activating group) is 2. The molecule has 10 nitrogen and oxygen atoms in total. The maximum Gasteiger partial charge on any atom is 0.433 e. The average molecular weight is 752 g/mol. The van der Waals surface area contributed by atoms with Crippen LogP contribution in [0.15, 0.2) is 60.6 Å². The molecule has 0 radical (unpaired) electrons. The predicted molar refractivity (Wildman–Crippen MR) is 177 cm³/mol. The number of nitrogens with zero attached hydrogens (tertiary/aromatic N) is 5. The van der Waals surface area contributed by atoms with Crippen LogP contribution in [-0.2, 0) is 28.5 Å². The zero-order chi connectivity index (χ0) is 39.0. The number of ketones is 1. The maximum atomic E-state index is 15.8. The summed E-state index contributed by atoms with van der Waals surface area (Å²) >= 11 is 0. The molecule has 1 spiro atoms. The molecule has 1 saturated carbocycles. The highest BCUT2D eigenvalue weighted by molar-refractivity contribution is 6.26. The highest BCUT2D eigenvalue weighted by Gasteiger charge is 2.57. The van der Waals surface area contributed by atoms with Crippen molar-refractivity contribution in [2.24, 2.45) is 0 Å². The van der Waals surface area contributed by atoms with Crippen molar-refractivity contribution in [3.05, 3.63) is 94.4 Å². The number of carbonyl (C=O) groups excluding carboxylic acids is 2. The first kappa shape index (κ1) is 39.3. The second kappa shape index (κ2) is 14.9. The molecule has 5 rings (SSSR count). The molecule has 53 heavy (non-hydrogen) atoms. The van der Waals surface area contributed by atoms with E-state index in [4.69, 9.17) is 9.84 Å². The number of allylic oxidation sites excluding steroid dienone is 1. The molecule has 284 valence electrons. The lowest BCUT2D eigenvalue weighted by molar-refractivity contribution is -0.181. The molecule has 17 heteroatoms. The van der Waals surface area contributed by atoms with E-state index in [1.54, 1.807) is 7.05 Å². The summed E-state index contributed by atoms with van der Waals surface area (Å²) in [5, 5.41) is 23.1. The molecule has 0 atom stereocenters. The van der Waals surface area contributed by atoms with Crippen molar-refractivity contribution in [2.45, 2.75) is 50.6 Å². The van der Waals surface area contributed by atoms with E-state index in [1.165, 1.54) is 31.1 Å². The van der Waals surface area contributed by atoms with Crippen molar-refractivity contribution in [2.75, 3.05) is 40.4 Å². The van der Waals surface area contributed by atoms with E-state index in [1.807, 2.05) is 4.90 Å². The van der Waals surface area contributed by atoms with Gasteiger partial charge in [0.05, 0.1) is 24.4 Å². The Morgan fingerprint density at radius 1 is 1.04 bits per heavy atom. The zero-order valence-corrected chi connectivity index (χ0v) is 28.9. The minimum Gasteiger partial charge on any atom is -0.506 e. The minimum atomic E-state index is -4.98. The Labute approximate surface area is 299 Å². The van der Waals surface area contributed by atoms with Gasteiger partial charge in [-0.05, 0) is 63.1 Å². The molecule has 1 aliphatic carbocycles. The molecular weight excluding hydrogens is 715 g/mol. The number of benzene rings is 2. The monoisotopic (exact) mass is 751 g/mol. The average Bonchev–Trinajstić information content (AvgIpc) is 3.07. The third-order valence-electron chi connectivity index (χ3n) is 9.64. The lowest BCUT2D eigenvalue weighted by atomic mass is 9.69. The van der Waals surface area contributed by atoms with Gasteiger partial charge in [-0.2, -0.15) is 26.3 Å². The van der Waals surface area contributed by atoms with Crippen molar-refractivity contribution in [3.8, 4) is 17.0 Å². The van der Waals surface area contributed by atoms with Crippen LogP contribution in [0.3, 0.4) is 0 Å². The van der Waals surface area contributed by atoms with Gasteiger partial charge < -0.3 is 19.8 Å². The van der Waals surface area contributed by atoms with Crippen LogP contribution < -0.4 is 4.74 Å². The predicted octanol–water partition coefficient (Wildman–Crippen LogP) is 6.14. The van der Waals surface area contributed by atoms with E-state index < -0.39 is 81.4 Å². The Balaban J connectivity index is 1.54. The van der Waals surface area contributed by atoms with Gasteiger partial charge in [-0.1, -0.05) is 18.7 Å². The molecule has 3 aromatic rings. The largest absolute Gasteiger partial charge is 0.506 e. The Morgan fingerprint density at radius 3 is 2.34 bits per heavy atom. The molecule has 1 aliphatic heterocycles. The fourth-order valence-corrected chi connectivity index (χ4v) is 6.31. The number of carbonyl (C=O) groups is 2. The first-order valence-corrected chi connectivity index (χ1v) is 16.4. The maximum absolute atomic E-state index is 15.8. The Bertz CT molecular complexity index is 1960. The summed E-state index contributed by atoms with van der Waals surface area (Å²) in [6.45, 7) is 5.87. The Morgan fingerprint density at radius 2 is 1.74 bits per heavy atom. The third-order valence-corrected chi connectivity index (χ3v) is 9.64. The number of hydrogen-bond acceptors (Lipinski definition) is 9. The number of rotatable bonds is 11. The SMILES string of the molecule is C=C(C(O)=C1C(=O)N(Cc2ccc(OCCN(C)CCO)c(C)c2F)N(C)C2(CCC2)C1=O)c1ccc(C(F)(F)F)cc1-c1cc(C(F)(F)F)ncn1. The molecule has 2 fully saturated rings. The highest BCUT2D eigenvalue weighted by atomic mass is 19.4. The van der Waals surface area contributed by atoms with Gasteiger partial charge in [0.1, 0.15) is 47.1 Å². The molecule has 2 N–H and O–H groups in total. The van der Waals surface area contributed by atoms with Gasteiger partial charge in [0.25, 0.3) is 5.91 Å². The molecule has 2 aromatic carbocycles. The summed E-state index contributed by atoms with van der Waals surface area (Å²) in [6, 6.07) is 5.34. The molecule has 1 saturated heterocycles. The van der Waals surface area contributed by atoms with Crippen LogP contribution in [-0.4, -0.2) is 92.7 Å². The minimum absolute atomic E-state index is 0.0382. The summed E-state index contributed by atoms with van der Waals surface area (Å²) < 4.78 is 103. The van der Waals surface area contributed by atoms with Crippen LogP contribution in [0.25, 0.3) is 16.8 Å². The molecule has 2 heterocycles. The van der Waals surface area contributed by atoms with Crippen molar-refractivity contribution < 1.29 is 55.3 Å². The van der Waals surface area contributed by atoms with Gasteiger partial charge in [-0.25, -0.2) is 19.4 Å². The van der Waals surface area contributed by atoms with Gasteiger partial charge >= 0.3 is 12.4 Å². The number of halogens is 7. The van der Waals surface area contributed by atoms with Gasteiger partial charge in [0, 0.05) is 42.4 Å². The van der Waals surface area contributed by atoms with E-state index in [9.17, 15) is 41.0 Å². The second-order valence-corrected chi connectivity index (χ2v) is 12.9. The molecular formula is C36H36F7N5O5. The second-order valence-electron chi connectivity index (χ2n) is 12.9. The number of ether oxygens (including phenoxy) is 1. The smallest absolute Gasteiger partial charge is 0.433 e. The Kier molecular flexibility index (Phi) is 11.0. The van der Waals surface area contributed by atoms with Gasteiger partial charge in [-0.15, -0.1) is 0 Å².